The van der Waals surface area contributed by atoms with E-state index in [9.17, 15) is 14.7 Å². The Hall–Kier alpha value is -2.47. The molecule has 5 nitrogen and oxygen atoms in total. The summed E-state index contributed by atoms with van der Waals surface area (Å²) in [4.78, 5) is 24.0. The fraction of sp³-hybridized carbons (Fsp3) is 0.0667. The average molecular weight is 302 g/mol. The van der Waals surface area contributed by atoms with Gasteiger partial charge in [-0.25, -0.2) is 0 Å². The van der Waals surface area contributed by atoms with Crippen molar-refractivity contribution in [3.63, 3.8) is 0 Å². The number of para-hydroxylation sites is 1. The Morgan fingerprint density at radius 2 is 1.62 bits per heavy atom. The van der Waals surface area contributed by atoms with E-state index in [1.54, 1.807) is 54.6 Å². The third-order valence-electron chi connectivity index (χ3n) is 2.58. The van der Waals surface area contributed by atoms with Gasteiger partial charge in [0.25, 0.3) is 5.91 Å². The summed E-state index contributed by atoms with van der Waals surface area (Å²) < 4.78 is 0. The molecule has 0 spiro atoms. The topological polar surface area (TPSA) is 78.4 Å². The minimum absolute atomic E-state index is 0.0899. The van der Waals surface area contributed by atoms with E-state index >= 15 is 0 Å². The van der Waals surface area contributed by atoms with E-state index in [0.717, 1.165) is 0 Å². The van der Waals surface area contributed by atoms with Crippen LogP contribution in [-0.4, -0.2) is 22.7 Å². The monoisotopic (exact) mass is 302 g/mol. The van der Waals surface area contributed by atoms with Crippen molar-refractivity contribution in [2.75, 3.05) is 5.75 Å². The first kappa shape index (κ1) is 14.9. The molecule has 2 aromatic carbocycles. The highest BCUT2D eigenvalue weighted by Crippen LogP contribution is 2.27. The van der Waals surface area contributed by atoms with Gasteiger partial charge in [-0.15, -0.1) is 11.8 Å². The van der Waals surface area contributed by atoms with Gasteiger partial charge < -0.3 is 5.11 Å². The first-order valence-electron chi connectivity index (χ1n) is 6.22. The predicted molar refractivity (Wildman–Crippen MR) is 80.9 cm³/mol. The molecule has 6 heteroatoms. The molecule has 0 heterocycles. The molecule has 0 aliphatic carbocycles. The minimum Gasteiger partial charge on any atom is -0.507 e. The molecular weight excluding hydrogens is 288 g/mol. The number of amides is 2. The maximum absolute atomic E-state index is 11.7. The van der Waals surface area contributed by atoms with Gasteiger partial charge in [0.15, 0.2) is 0 Å². The number of rotatable bonds is 4. The zero-order valence-corrected chi connectivity index (χ0v) is 11.9. The number of carbonyl (C=O) groups excluding carboxylic acids is 2. The fourth-order valence-electron chi connectivity index (χ4n) is 1.55. The number of hydrazine groups is 1. The average Bonchev–Trinajstić information content (AvgIpc) is 2.52. The Morgan fingerprint density at radius 3 is 2.33 bits per heavy atom. The van der Waals surface area contributed by atoms with Crippen molar-refractivity contribution >= 4 is 23.6 Å². The number of thioether (sulfide) groups is 1. The van der Waals surface area contributed by atoms with Crippen molar-refractivity contribution in [3.05, 3.63) is 60.2 Å². The lowest BCUT2D eigenvalue weighted by Gasteiger charge is -2.07. The van der Waals surface area contributed by atoms with E-state index in [0.29, 0.717) is 10.5 Å². The number of nitrogens with one attached hydrogen (secondary N) is 2. The second-order valence-corrected chi connectivity index (χ2v) is 5.14. The Bertz CT molecular complexity index is 632. The summed E-state index contributed by atoms with van der Waals surface area (Å²) in [7, 11) is 0. The molecule has 0 unspecified atom stereocenters. The molecule has 2 rings (SSSR count). The second kappa shape index (κ2) is 7.35. The van der Waals surface area contributed by atoms with E-state index in [4.69, 9.17) is 0 Å². The lowest BCUT2D eigenvalue weighted by atomic mass is 10.2. The van der Waals surface area contributed by atoms with Gasteiger partial charge in [0.05, 0.1) is 5.75 Å². The third-order valence-corrected chi connectivity index (χ3v) is 3.64. The Labute approximate surface area is 126 Å². The maximum Gasteiger partial charge on any atom is 0.269 e. The van der Waals surface area contributed by atoms with E-state index in [1.165, 1.54) is 11.8 Å². The fourth-order valence-corrected chi connectivity index (χ4v) is 2.30. The zero-order valence-electron chi connectivity index (χ0n) is 11.1. The number of carbonyl (C=O) groups is 2. The number of hydrogen-bond donors (Lipinski definition) is 3. The molecule has 3 N–H and O–H groups in total. The van der Waals surface area contributed by atoms with Gasteiger partial charge in [0.2, 0.25) is 5.91 Å². The van der Waals surface area contributed by atoms with Crippen molar-refractivity contribution in [2.45, 2.75) is 4.90 Å². The van der Waals surface area contributed by atoms with Crippen LogP contribution in [0.3, 0.4) is 0 Å². The zero-order chi connectivity index (χ0) is 15.1. The third kappa shape index (κ3) is 4.54. The molecule has 0 aliphatic heterocycles. The summed E-state index contributed by atoms with van der Waals surface area (Å²) in [5.41, 5.74) is 5.13. The smallest absolute Gasteiger partial charge is 0.269 e. The molecule has 0 aromatic heterocycles. The molecule has 2 aromatic rings. The van der Waals surface area contributed by atoms with Crippen molar-refractivity contribution in [1.82, 2.24) is 10.9 Å². The number of phenolic OH excluding ortho intramolecular Hbond substituents is 1. The molecule has 0 fully saturated rings. The van der Waals surface area contributed by atoms with Gasteiger partial charge >= 0.3 is 0 Å². The van der Waals surface area contributed by atoms with Gasteiger partial charge in [0, 0.05) is 10.5 Å². The summed E-state index contributed by atoms with van der Waals surface area (Å²) in [6.45, 7) is 0. The first-order chi connectivity index (χ1) is 10.2. The van der Waals surface area contributed by atoms with Crippen LogP contribution in [0.2, 0.25) is 0 Å². The lowest BCUT2D eigenvalue weighted by molar-refractivity contribution is -0.119. The van der Waals surface area contributed by atoms with E-state index in [1.807, 2.05) is 0 Å². The van der Waals surface area contributed by atoms with E-state index < -0.39 is 0 Å². The van der Waals surface area contributed by atoms with Crippen molar-refractivity contribution in [2.24, 2.45) is 0 Å². The number of aromatic hydroxyl groups is 1. The summed E-state index contributed by atoms with van der Waals surface area (Å²) >= 11 is 1.19. The van der Waals surface area contributed by atoms with Gasteiger partial charge in [-0.05, 0) is 24.3 Å². The van der Waals surface area contributed by atoms with Crippen LogP contribution in [0.5, 0.6) is 5.75 Å². The molecule has 0 atom stereocenters. The quantitative estimate of drug-likeness (QED) is 0.596. The summed E-state index contributed by atoms with van der Waals surface area (Å²) in [5.74, 6) is -0.514. The molecule has 0 aliphatic rings. The highest BCUT2D eigenvalue weighted by molar-refractivity contribution is 8.00. The Balaban J connectivity index is 1.78. The van der Waals surface area contributed by atoms with Gasteiger partial charge in [-0.3, -0.25) is 20.4 Å². The summed E-state index contributed by atoms with van der Waals surface area (Å²) in [6, 6.07) is 15.3. The summed E-state index contributed by atoms with van der Waals surface area (Å²) in [5, 5.41) is 9.57. The van der Waals surface area contributed by atoms with Crippen LogP contribution in [0.4, 0.5) is 0 Å². The van der Waals surface area contributed by atoms with E-state index in [-0.39, 0.29) is 23.3 Å². The van der Waals surface area contributed by atoms with Crippen LogP contribution in [0, 0.1) is 0 Å². The molecule has 2 amide bonds. The molecule has 0 saturated carbocycles. The largest absolute Gasteiger partial charge is 0.507 e. The van der Waals surface area contributed by atoms with Crippen LogP contribution < -0.4 is 10.9 Å². The molecule has 108 valence electrons. The minimum atomic E-state index is -0.378. The maximum atomic E-state index is 11.7. The van der Waals surface area contributed by atoms with Gasteiger partial charge in [0.1, 0.15) is 5.75 Å². The Morgan fingerprint density at radius 1 is 0.952 bits per heavy atom. The van der Waals surface area contributed by atoms with Crippen molar-refractivity contribution in [3.8, 4) is 5.75 Å². The van der Waals surface area contributed by atoms with Crippen LogP contribution in [0.25, 0.3) is 0 Å². The first-order valence-corrected chi connectivity index (χ1v) is 7.20. The molecule has 21 heavy (non-hydrogen) atoms. The van der Waals surface area contributed by atoms with Crippen molar-refractivity contribution in [1.29, 1.82) is 0 Å². The second-order valence-electron chi connectivity index (χ2n) is 4.12. The molecule has 0 bridgehead atoms. The lowest BCUT2D eigenvalue weighted by Crippen LogP contribution is -2.42. The molecule has 0 radical (unpaired) electrons. The van der Waals surface area contributed by atoms with Gasteiger partial charge in [-0.1, -0.05) is 30.3 Å². The molecular formula is C15H14N2O3S. The summed E-state index contributed by atoms with van der Waals surface area (Å²) in [6.07, 6.45) is 0. The van der Waals surface area contributed by atoms with Gasteiger partial charge in [-0.2, -0.15) is 0 Å². The van der Waals surface area contributed by atoms with Crippen molar-refractivity contribution < 1.29 is 14.7 Å². The predicted octanol–water partition coefficient (Wildman–Crippen LogP) is 1.95. The highest BCUT2D eigenvalue weighted by atomic mass is 32.2. The molecule has 0 saturated heterocycles. The Kier molecular flexibility index (Phi) is 5.22. The highest BCUT2D eigenvalue weighted by Gasteiger charge is 2.08. The number of benzene rings is 2. The van der Waals surface area contributed by atoms with Crippen LogP contribution in [0.1, 0.15) is 10.4 Å². The number of phenols is 1. The van der Waals surface area contributed by atoms with Crippen LogP contribution in [0.15, 0.2) is 59.5 Å². The van der Waals surface area contributed by atoms with Crippen LogP contribution in [-0.2, 0) is 4.79 Å². The standard InChI is InChI=1S/C15H14N2O3S/c18-12-8-4-5-9-13(12)21-10-14(19)16-17-15(20)11-6-2-1-3-7-11/h1-9,18H,10H2,(H,16,19)(H,17,20). The SMILES string of the molecule is O=C(CSc1ccccc1O)NNC(=O)c1ccccc1. The number of hydrogen-bond acceptors (Lipinski definition) is 4. The van der Waals surface area contributed by atoms with E-state index in [2.05, 4.69) is 10.9 Å². The van der Waals surface area contributed by atoms with Crippen LogP contribution >= 0.6 is 11.8 Å². The normalized spacial score (nSPS) is 9.90.